The van der Waals surface area contributed by atoms with Crippen LogP contribution in [0.4, 0.5) is 0 Å². The van der Waals surface area contributed by atoms with E-state index in [0.29, 0.717) is 0 Å². The number of carboxylic acid groups (broad SMARTS) is 1. The average Bonchev–Trinajstić information content (AvgIpc) is 1.98. The van der Waals surface area contributed by atoms with Crippen molar-refractivity contribution < 1.29 is 19.7 Å². The summed E-state index contributed by atoms with van der Waals surface area (Å²) in [5.74, 6) is -1.10. The van der Waals surface area contributed by atoms with Crippen LogP contribution < -0.4 is 5.32 Å². The molecule has 3 N–H and O–H groups in total. The lowest BCUT2D eigenvalue weighted by Crippen LogP contribution is -2.47. The highest BCUT2D eigenvalue weighted by molar-refractivity contribution is 5.73. The lowest BCUT2D eigenvalue weighted by Gasteiger charge is -2.20. The second kappa shape index (κ2) is 5.08. The van der Waals surface area contributed by atoms with E-state index in [0.717, 1.165) is 0 Å². The van der Waals surface area contributed by atoms with Crippen LogP contribution in [0.1, 0.15) is 13.8 Å². The molecule has 0 aromatic rings. The Labute approximate surface area is 71.3 Å². The van der Waals surface area contributed by atoms with Gasteiger partial charge in [0.1, 0.15) is 6.04 Å². The summed E-state index contributed by atoms with van der Waals surface area (Å²) in [6.07, 6.45) is -1.23. The molecule has 0 aromatic carbocycles. The molecule has 5 heteroatoms. The van der Waals surface area contributed by atoms with Gasteiger partial charge in [-0.1, -0.05) is 13.8 Å². The van der Waals surface area contributed by atoms with E-state index < -0.39 is 18.4 Å². The van der Waals surface area contributed by atoms with Crippen molar-refractivity contribution in [1.82, 2.24) is 5.32 Å². The summed E-state index contributed by atoms with van der Waals surface area (Å²) in [6, 6.07) is -0.792. The van der Waals surface area contributed by atoms with Crippen LogP contribution in [0.2, 0.25) is 0 Å². The third-order valence-corrected chi connectivity index (χ3v) is 1.48. The SMILES string of the molecule is COC(O)N[C@@H](C(=O)O)C(C)C. The first-order valence-corrected chi connectivity index (χ1v) is 3.68. The molecule has 12 heavy (non-hydrogen) atoms. The van der Waals surface area contributed by atoms with Crippen molar-refractivity contribution >= 4 is 5.97 Å². The van der Waals surface area contributed by atoms with Gasteiger partial charge in [0.15, 0.2) is 0 Å². The summed E-state index contributed by atoms with van der Waals surface area (Å²) in [4.78, 5) is 10.6. The summed E-state index contributed by atoms with van der Waals surface area (Å²) < 4.78 is 4.46. The first-order chi connectivity index (χ1) is 5.49. The van der Waals surface area contributed by atoms with Gasteiger partial charge in [-0.3, -0.25) is 10.1 Å². The van der Waals surface area contributed by atoms with Gasteiger partial charge in [-0.2, -0.15) is 0 Å². The van der Waals surface area contributed by atoms with Crippen molar-refractivity contribution in [2.75, 3.05) is 7.11 Å². The fraction of sp³-hybridized carbons (Fsp3) is 0.857. The number of ether oxygens (including phenoxy) is 1. The predicted octanol–water partition coefficient (Wildman–Crippen LogP) is -0.393. The highest BCUT2D eigenvalue weighted by atomic mass is 16.6. The van der Waals surface area contributed by atoms with Gasteiger partial charge >= 0.3 is 5.97 Å². The van der Waals surface area contributed by atoms with Crippen molar-refractivity contribution in [1.29, 1.82) is 0 Å². The molecule has 0 aromatic heterocycles. The number of aliphatic carboxylic acids is 1. The van der Waals surface area contributed by atoms with E-state index in [2.05, 4.69) is 10.1 Å². The molecule has 0 aliphatic carbocycles. The minimum atomic E-state index is -1.23. The van der Waals surface area contributed by atoms with E-state index in [1.54, 1.807) is 13.8 Å². The lowest BCUT2D eigenvalue weighted by atomic mass is 10.1. The molecule has 0 saturated heterocycles. The Bertz CT molecular complexity index is 148. The van der Waals surface area contributed by atoms with Gasteiger partial charge in [0, 0.05) is 7.11 Å². The smallest absolute Gasteiger partial charge is 0.321 e. The van der Waals surface area contributed by atoms with Gasteiger partial charge in [0.25, 0.3) is 0 Å². The van der Waals surface area contributed by atoms with Gasteiger partial charge in [-0.25, -0.2) is 0 Å². The number of rotatable bonds is 5. The zero-order valence-corrected chi connectivity index (χ0v) is 7.44. The summed E-state index contributed by atoms with van der Waals surface area (Å²) in [6.45, 7) is 3.49. The summed E-state index contributed by atoms with van der Waals surface area (Å²) >= 11 is 0. The molecule has 0 bridgehead atoms. The Morgan fingerprint density at radius 1 is 1.50 bits per heavy atom. The molecule has 0 rings (SSSR count). The Kier molecular flexibility index (Phi) is 4.80. The highest BCUT2D eigenvalue weighted by Crippen LogP contribution is 2.02. The van der Waals surface area contributed by atoms with E-state index in [9.17, 15) is 4.79 Å². The van der Waals surface area contributed by atoms with Crippen LogP contribution in [-0.2, 0) is 9.53 Å². The minimum Gasteiger partial charge on any atom is -0.480 e. The Morgan fingerprint density at radius 3 is 2.25 bits per heavy atom. The van der Waals surface area contributed by atoms with Crippen molar-refractivity contribution in [3.63, 3.8) is 0 Å². The quantitative estimate of drug-likeness (QED) is 0.498. The number of carboxylic acids is 1. The fourth-order valence-corrected chi connectivity index (χ4v) is 0.771. The van der Waals surface area contributed by atoms with Crippen LogP contribution in [0.15, 0.2) is 0 Å². The third-order valence-electron chi connectivity index (χ3n) is 1.48. The molecule has 0 heterocycles. The van der Waals surface area contributed by atoms with Crippen molar-refractivity contribution in [2.24, 2.45) is 5.92 Å². The van der Waals surface area contributed by atoms with Crippen molar-refractivity contribution in [3.8, 4) is 0 Å². The third kappa shape index (κ3) is 3.66. The number of hydrogen-bond donors (Lipinski definition) is 3. The molecule has 0 saturated carbocycles. The zero-order valence-electron chi connectivity index (χ0n) is 7.44. The van der Waals surface area contributed by atoms with Crippen molar-refractivity contribution in [2.45, 2.75) is 26.3 Å². The van der Waals surface area contributed by atoms with E-state index >= 15 is 0 Å². The van der Waals surface area contributed by atoms with E-state index in [1.165, 1.54) is 7.11 Å². The van der Waals surface area contributed by atoms with Crippen LogP contribution in [0.25, 0.3) is 0 Å². The lowest BCUT2D eigenvalue weighted by molar-refractivity contribution is -0.149. The molecule has 0 amide bonds. The molecule has 0 aliphatic rings. The van der Waals surface area contributed by atoms with Gasteiger partial charge in [0.05, 0.1) is 0 Å². The van der Waals surface area contributed by atoms with E-state index in [-0.39, 0.29) is 5.92 Å². The monoisotopic (exact) mass is 177 g/mol. The number of aliphatic hydroxyl groups excluding tert-OH is 1. The van der Waals surface area contributed by atoms with Crippen LogP contribution in [0, 0.1) is 5.92 Å². The van der Waals surface area contributed by atoms with Gasteiger partial charge in [-0.05, 0) is 5.92 Å². The molecule has 0 fully saturated rings. The molecule has 0 aliphatic heterocycles. The summed E-state index contributed by atoms with van der Waals surface area (Å²) in [5.41, 5.74) is 0. The predicted molar refractivity (Wildman–Crippen MR) is 42.4 cm³/mol. The average molecular weight is 177 g/mol. The van der Waals surface area contributed by atoms with Gasteiger partial charge < -0.3 is 14.9 Å². The second-order valence-corrected chi connectivity index (χ2v) is 2.81. The molecule has 72 valence electrons. The largest absolute Gasteiger partial charge is 0.480 e. The van der Waals surface area contributed by atoms with Crippen LogP contribution in [0.3, 0.4) is 0 Å². The number of aliphatic hydroxyl groups is 1. The number of hydrogen-bond acceptors (Lipinski definition) is 4. The van der Waals surface area contributed by atoms with Crippen LogP contribution in [0.5, 0.6) is 0 Å². The van der Waals surface area contributed by atoms with Gasteiger partial charge in [-0.15, -0.1) is 0 Å². The molecular weight excluding hydrogens is 162 g/mol. The van der Waals surface area contributed by atoms with Gasteiger partial charge in [0.2, 0.25) is 6.41 Å². The maximum Gasteiger partial charge on any atom is 0.321 e. The Hall–Kier alpha value is -0.650. The maximum atomic E-state index is 10.6. The summed E-state index contributed by atoms with van der Waals surface area (Å²) in [5, 5.41) is 20.0. The fourth-order valence-electron chi connectivity index (χ4n) is 0.771. The Morgan fingerprint density at radius 2 is 2.00 bits per heavy atom. The highest BCUT2D eigenvalue weighted by Gasteiger charge is 2.23. The number of methoxy groups -OCH3 is 1. The van der Waals surface area contributed by atoms with Crippen LogP contribution >= 0.6 is 0 Å². The first kappa shape index (κ1) is 11.4. The maximum absolute atomic E-state index is 10.6. The van der Waals surface area contributed by atoms with E-state index in [4.69, 9.17) is 10.2 Å². The molecule has 5 nitrogen and oxygen atoms in total. The summed E-state index contributed by atoms with van der Waals surface area (Å²) in [7, 11) is 1.29. The molecule has 0 spiro atoms. The topological polar surface area (TPSA) is 78.8 Å². The molecule has 1 unspecified atom stereocenters. The van der Waals surface area contributed by atoms with E-state index in [1.807, 2.05) is 0 Å². The number of carbonyl (C=O) groups is 1. The zero-order chi connectivity index (χ0) is 9.72. The minimum absolute atomic E-state index is 0.104. The normalized spacial score (nSPS) is 16.1. The van der Waals surface area contributed by atoms with Crippen molar-refractivity contribution in [3.05, 3.63) is 0 Å². The molecule has 0 radical (unpaired) electrons. The molecule has 2 atom stereocenters. The van der Waals surface area contributed by atoms with Crippen LogP contribution in [-0.4, -0.2) is 35.7 Å². The number of nitrogens with one attached hydrogen (secondary N) is 1. The standard InChI is InChI=1S/C7H15NO4/c1-4(2)5(6(9)10)8-7(11)12-3/h4-5,7-8,11H,1-3H3,(H,9,10)/t5-,7?/m1/s1. The second-order valence-electron chi connectivity index (χ2n) is 2.81. The first-order valence-electron chi connectivity index (χ1n) is 3.68. The molecular formula is C7H15NO4. The Balaban J connectivity index is 4.05.